The van der Waals surface area contributed by atoms with Gasteiger partial charge in [0, 0.05) is 26.7 Å². The Morgan fingerprint density at radius 1 is 0.897 bits per heavy atom. The molecule has 0 saturated carbocycles. The van der Waals surface area contributed by atoms with Crippen molar-refractivity contribution >= 4 is 34.7 Å². The van der Waals surface area contributed by atoms with Crippen molar-refractivity contribution in [2.75, 3.05) is 6.61 Å². The van der Waals surface area contributed by atoms with Crippen molar-refractivity contribution in [1.29, 1.82) is 0 Å². The fourth-order valence-corrected chi connectivity index (χ4v) is 3.31. The number of aliphatic hydroxyl groups excluding tert-OH is 1. The van der Waals surface area contributed by atoms with Gasteiger partial charge in [0.1, 0.15) is 6.61 Å². The normalized spacial score (nSPS) is 11.9. The van der Waals surface area contributed by atoms with E-state index < -0.39 is 11.6 Å². The molecule has 29 heavy (non-hydrogen) atoms. The number of hydrogen-bond acceptors (Lipinski definition) is 4. The lowest BCUT2D eigenvalue weighted by atomic mass is 9.86. The van der Waals surface area contributed by atoms with Gasteiger partial charge in [-0.1, -0.05) is 77.8 Å². The molecule has 0 spiro atoms. The summed E-state index contributed by atoms with van der Waals surface area (Å²) in [7, 11) is 0. The molecule has 0 fully saturated rings. The van der Waals surface area contributed by atoms with Gasteiger partial charge >= 0.3 is 5.97 Å². The predicted molar refractivity (Wildman–Crippen MR) is 114 cm³/mol. The highest BCUT2D eigenvalue weighted by Gasteiger charge is 2.42. The molecule has 0 aromatic heterocycles. The molecule has 0 unspecified atom stereocenters. The molecule has 4 nitrogen and oxygen atoms in total. The van der Waals surface area contributed by atoms with E-state index in [4.69, 9.17) is 27.9 Å². The van der Waals surface area contributed by atoms with Crippen LogP contribution in [0.5, 0.6) is 0 Å². The number of rotatable bonds is 6. The van der Waals surface area contributed by atoms with E-state index in [-0.39, 0.29) is 17.7 Å². The summed E-state index contributed by atoms with van der Waals surface area (Å²) in [5.41, 5.74) is -0.569. The van der Waals surface area contributed by atoms with Crippen LogP contribution in [-0.2, 0) is 15.1 Å². The van der Waals surface area contributed by atoms with Crippen LogP contribution >= 0.6 is 23.2 Å². The highest BCUT2D eigenvalue weighted by molar-refractivity contribution is 6.31. The molecule has 0 atom stereocenters. The van der Waals surface area contributed by atoms with Gasteiger partial charge in [0.05, 0.1) is 6.26 Å². The minimum atomic E-state index is -2.13. The maximum atomic E-state index is 13.1. The highest BCUT2D eigenvalue weighted by atomic mass is 35.5. The van der Waals surface area contributed by atoms with E-state index >= 15 is 0 Å². The molecule has 0 heterocycles. The van der Waals surface area contributed by atoms with Gasteiger partial charge in [0.2, 0.25) is 5.60 Å². The van der Waals surface area contributed by atoms with Crippen LogP contribution in [0, 0.1) is 0 Å². The number of benzene rings is 3. The Balaban J connectivity index is 1.95. The van der Waals surface area contributed by atoms with Gasteiger partial charge in [-0.25, -0.2) is 4.79 Å². The van der Waals surface area contributed by atoms with Crippen LogP contribution in [0.2, 0.25) is 10.0 Å². The minimum Gasteiger partial charge on any atom is -0.515 e. The van der Waals surface area contributed by atoms with Crippen molar-refractivity contribution in [3.05, 3.63) is 112 Å². The van der Waals surface area contributed by atoms with Crippen LogP contribution in [0.1, 0.15) is 16.7 Å². The molecule has 0 bridgehead atoms. The molecule has 0 saturated heterocycles. The molecule has 0 aliphatic rings. The first-order valence-electron chi connectivity index (χ1n) is 8.75. The summed E-state index contributed by atoms with van der Waals surface area (Å²) in [5.74, 6) is -0.919. The molecule has 148 valence electrons. The summed E-state index contributed by atoms with van der Waals surface area (Å²) in [6.07, 6.45) is 0.875. The number of halogens is 2. The van der Waals surface area contributed by atoms with E-state index in [2.05, 4.69) is 0 Å². The second-order valence-corrected chi connectivity index (χ2v) is 7.20. The summed E-state index contributed by atoms with van der Waals surface area (Å²) in [5, 5.41) is 21.7. The summed E-state index contributed by atoms with van der Waals surface area (Å²) < 4.78 is 5.40. The molecule has 3 aromatic rings. The van der Waals surface area contributed by atoms with Crippen LogP contribution in [0.15, 0.2) is 85.1 Å². The van der Waals surface area contributed by atoms with E-state index in [1.165, 1.54) is 12.1 Å². The number of carbonyl (C=O) groups is 1. The second-order valence-electron chi connectivity index (χ2n) is 6.33. The lowest BCUT2D eigenvalue weighted by Gasteiger charge is -2.27. The topological polar surface area (TPSA) is 66.8 Å². The third kappa shape index (κ3) is 4.62. The zero-order chi connectivity index (χ0) is 20.9. The van der Waals surface area contributed by atoms with Gasteiger partial charge in [-0.15, -0.1) is 0 Å². The highest BCUT2D eigenvalue weighted by Crippen LogP contribution is 2.34. The average molecular weight is 429 g/mol. The Hall–Kier alpha value is -2.79. The SMILES string of the molecule is O=C(OCC(=CO)c1ccccc1)C(O)(c1cccc(Cl)c1)c1cccc(Cl)c1. The van der Waals surface area contributed by atoms with Crippen LogP contribution in [-0.4, -0.2) is 22.8 Å². The minimum absolute atomic E-state index is 0.233. The molecule has 0 aliphatic carbocycles. The van der Waals surface area contributed by atoms with Gasteiger partial charge in [-0.3, -0.25) is 0 Å². The van der Waals surface area contributed by atoms with Gasteiger partial charge < -0.3 is 14.9 Å². The summed E-state index contributed by atoms with van der Waals surface area (Å²) in [6.45, 7) is -0.233. The number of aliphatic hydroxyl groups is 2. The maximum absolute atomic E-state index is 13.1. The molecule has 6 heteroatoms. The predicted octanol–water partition coefficient (Wildman–Crippen LogP) is 5.37. The Morgan fingerprint density at radius 3 is 1.93 bits per heavy atom. The van der Waals surface area contributed by atoms with Gasteiger partial charge in [-0.2, -0.15) is 0 Å². The number of hydrogen-bond donors (Lipinski definition) is 2. The fourth-order valence-electron chi connectivity index (χ4n) is 2.92. The maximum Gasteiger partial charge on any atom is 0.348 e. The Kier molecular flexibility index (Phi) is 6.60. The van der Waals surface area contributed by atoms with Crippen molar-refractivity contribution in [1.82, 2.24) is 0 Å². The molecule has 0 radical (unpaired) electrons. The third-order valence-electron chi connectivity index (χ3n) is 4.44. The monoisotopic (exact) mass is 428 g/mol. The van der Waals surface area contributed by atoms with Gasteiger partial charge in [-0.05, 0) is 29.8 Å². The Morgan fingerprint density at radius 2 is 1.45 bits per heavy atom. The lowest BCUT2D eigenvalue weighted by molar-refractivity contribution is -0.160. The number of esters is 1. The molecule has 3 rings (SSSR count). The van der Waals surface area contributed by atoms with E-state index in [9.17, 15) is 15.0 Å². The van der Waals surface area contributed by atoms with E-state index in [1.807, 2.05) is 6.07 Å². The smallest absolute Gasteiger partial charge is 0.348 e. The largest absolute Gasteiger partial charge is 0.515 e. The second kappa shape index (κ2) is 9.14. The number of ether oxygens (including phenoxy) is 1. The molecular weight excluding hydrogens is 411 g/mol. The third-order valence-corrected chi connectivity index (χ3v) is 4.91. The first-order chi connectivity index (χ1) is 13.9. The van der Waals surface area contributed by atoms with E-state index in [0.29, 0.717) is 21.2 Å². The summed E-state index contributed by atoms with van der Waals surface area (Å²) in [4.78, 5) is 13.1. The van der Waals surface area contributed by atoms with Crippen molar-refractivity contribution in [2.45, 2.75) is 5.60 Å². The van der Waals surface area contributed by atoms with Gasteiger partial charge in [0.15, 0.2) is 0 Å². The molecule has 0 amide bonds. The average Bonchev–Trinajstić information content (AvgIpc) is 2.74. The zero-order valence-corrected chi connectivity index (χ0v) is 16.8. The van der Waals surface area contributed by atoms with E-state index in [0.717, 1.165) is 6.26 Å². The zero-order valence-electron chi connectivity index (χ0n) is 15.3. The quantitative estimate of drug-likeness (QED) is 0.408. The first-order valence-corrected chi connectivity index (χ1v) is 9.51. The van der Waals surface area contributed by atoms with E-state index in [1.54, 1.807) is 60.7 Å². The van der Waals surface area contributed by atoms with Crippen LogP contribution in [0.3, 0.4) is 0 Å². The first kappa shape index (κ1) is 20.9. The van der Waals surface area contributed by atoms with Crippen LogP contribution in [0.4, 0.5) is 0 Å². The van der Waals surface area contributed by atoms with Gasteiger partial charge in [0.25, 0.3) is 0 Å². The Bertz CT molecular complexity index is 986. The number of carbonyl (C=O) groups excluding carboxylic acids is 1. The molecular formula is C23H18Cl2O4. The van der Waals surface area contributed by atoms with Crippen molar-refractivity contribution in [3.63, 3.8) is 0 Å². The van der Waals surface area contributed by atoms with Crippen LogP contribution in [0.25, 0.3) is 5.57 Å². The van der Waals surface area contributed by atoms with Crippen molar-refractivity contribution in [3.8, 4) is 0 Å². The molecule has 3 aromatic carbocycles. The summed E-state index contributed by atoms with van der Waals surface area (Å²) in [6, 6.07) is 21.6. The standard InChI is InChI=1S/C23H18Cl2O4/c24-20-10-4-8-18(12-20)23(28,19-9-5-11-21(25)13-19)22(27)29-15-17(14-26)16-6-2-1-3-7-16/h1-14,26,28H,15H2. The van der Waals surface area contributed by atoms with Crippen molar-refractivity contribution < 1.29 is 19.7 Å². The molecule has 0 aliphatic heterocycles. The lowest BCUT2D eigenvalue weighted by Crippen LogP contribution is -2.39. The molecule has 2 N–H and O–H groups in total. The Labute approximate surface area is 178 Å². The fraction of sp³-hybridized carbons (Fsp3) is 0.0870. The summed E-state index contributed by atoms with van der Waals surface area (Å²) >= 11 is 12.1. The van der Waals surface area contributed by atoms with Crippen molar-refractivity contribution in [2.24, 2.45) is 0 Å². The van der Waals surface area contributed by atoms with Crippen LogP contribution < -0.4 is 0 Å².